The van der Waals surface area contributed by atoms with E-state index in [1.807, 2.05) is 0 Å². The summed E-state index contributed by atoms with van der Waals surface area (Å²) in [5, 5.41) is 0.252. The van der Waals surface area contributed by atoms with E-state index in [0.29, 0.717) is 5.92 Å². The molecule has 1 aromatic rings. The van der Waals surface area contributed by atoms with Crippen molar-refractivity contribution in [2.75, 3.05) is 6.54 Å². The second-order valence-corrected chi connectivity index (χ2v) is 8.34. The Morgan fingerprint density at radius 2 is 2.05 bits per heavy atom. The fourth-order valence-electron chi connectivity index (χ4n) is 3.15. The van der Waals surface area contributed by atoms with Crippen molar-refractivity contribution in [2.24, 2.45) is 5.92 Å². The Hall–Kier alpha value is -0.780. The molecule has 1 aromatic carbocycles. The molecule has 108 valence electrons. The van der Waals surface area contributed by atoms with Gasteiger partial charge in [-0.3, -0.25) is 4.79 Å². The van der Waals surface area contributed by atoms with E-state index in [1.165, 1.54) is 18.2 Å². The van der Waals surface area contributed by atoms with Crippen molar-refractivity contribution in [2.45, 2.75) is 30.2 Å². The Balaban J connectivity index is 1.95. The number of carbonyl (C=O) groups is 1. The van der Waals surface area contributed by atoms with Crippen LogP contribution in [0.3, 0.4) is 0 Å². The lowest BCUT2D eigenvalue weighted by Crippen LogP contribution is -2.37. The summed E-state index contributed by atoms with van der Waals surface area (Å²) in [4.78, 5) is 14.2. The van der Waals surface area contributed by atoms with E-state index in [1.54, 1.807) is 4.90 Å². The average molecular weight is 334 g/mol. The van der Waals surface area contributed by atoms with Crippen LogP contribution in [0, 0.1) is 5.92 Å². The Kier molecular flexibility index (Phi) is 3.47. The van der Waals surface area contributed by atoms with Crippen LogP contribution in [0.15, 0.2) is 23.1 Å². The van der Waals surface area contributed by atoms with Crippen LogP contribution in [0.4, 0.5) is 0 Å². The number of hydrogen-bond acceptors (Lipinski definition) is 3. The molecule has 7 heteroatoms. The minimum atomic E-state index is -3.87. The van der Waals surface area contributed by atoms with E-state index < -0.39 is 9.05 Å². The smallest absolute Gasteiger partial charge is 0.261 e. The summed E-state index contributed by atoms with van der Waals surface area (Å²) >= 11 is 6.04. The molecule has 1 aliphatic carbocycles. The summed E-state index contributed by atoms with van der Waals surface area (Å²) in [5.41, 5.74) is 0.209. The maximum atomic E-state index is 12.5. The first-order valence-corrected chi connectivity index (χ1v) is 9.10. The minimum Gasteiger partial charge on any atom is -0.335 e. The van der Waals surface area contributed by atoms with Gasteiger partial charge in [0.15, 0.2) is 0 Å². The van der Waals surface area contributed by atoms with Gasteiger partial charge in [-0.2, -0.15) is 0 Å². The molecule has 2 unspecified atom stereocenters. The molecule has 1 heterocycles. The molecule has 0 aromatic heterocycles. The first-order valence-electron chi connectivity index (χ1n) is 6.41. The van der Waals surface area contributed by atoms with Gasteiger partial charge in [-0.25, -0.2) is 8.42 Å². The van der Waals surface area contributed by atoms with E-state index in [-0.39, 0.29) is 27.4 Å². The number of halogens is 2. The van der Waals surface area contributed by atoms with Gasteiger partial charge in [-0.15, -0.1) is 0 Å². The predicted molar refractivity (Wildman–Crippen MR) is 76.7 cm³/mol. The van der Waals surface area contributed by atoms with Crippen molar-refractivity contribution in [3.05, 3.63) is 28.8 Å². The van der Waals surface area contributed by atoms with Gasteiger partial charge in [0.1, 0.15) is 0 Å². The van der Waals surface area contributed by atoms with Gasteiger partial charge in [0.25, 0.3) is 15.0 Å². The van der Waals surface area contributed by atoms with Crippen molar-refractivity contribution in [1.29, 1.82) is 0 Å². The van der Waals surface area contributed by atoms with Crippen LogP contribution in [0.1, 0.15) is 29.6 Å². The topological polar surface area (TPSA) is 54.5 Å². The second kappa shape index (κ2) is 4.90. The highest BCUT2D eigenvalue weighted by molar-refractivity contribution is 8.13. The molecule has 2 bridgehead atoms. The highest BCUT2D eigenvalue weighted by Gasteiger charge is 2.40. The van der Waals surface area contributed by atoms with Gasteiger partial charge in [0.2, 0.25) is 0 Å². The van der Waals surface area contributed by atoms with Crippen LogP contribution in [0.25, 0.3) is 0 Å². The number of hydrogen-bond donors (Lipinski definition) is 0. The quantitative estimate of drug-likeness (QED) is 0.782. The molecule has 1 aliphatic heterocycles. The molecule has 3 rings (SSSR count). The zero-order valence-electron chi connectivity index (χ0n) is 10.6. The zero-order chi connectivity index (χ0) is 14.5. The van der Waals surface area contributed by atoms with Gasteiger partial charge in [-0.05, 0) is 43.4 Å². The Bertz CT molecular complexity index is 674. The molecule has 0 radical (unpaired) electrons. The molecule has 0 N–H and O–H groups in total. The number of likely N-dealkylation sites (tertiary alicyclic amines) is 1. The first-order chi connectivity index (χ1) is 9.36. The van der Waals surface area contributed by atoms with Gasteiger partial charge >= 0.3 is 0 Å². The molecule has 1 saturated carbocycles. The molecule has 0 spiro atoms. The summed E-state index contributed by atoms with van der Waals surface area (Å²) in [6.45, 7) is 0.734. The molecule has 1 amide bonds. The van der Waals surface area contributed by atoms with Crippen LogP contribution < -0.4 is 0 Å². The molecular formula is C13H13Cl2NO3S. The van der Waals surface area contributed by atoms with E-state index in [0.717, 1.165) is 25.8 Å². The van der Waals surface area contributed by atoms with Gasteiger partial charge < -0.3 is 4.90 Å². The van der Waals surface area contributed by atoms with Gasteiger partial charge in [0, 0.05) is 23.3 Å². The molecule has 2 fully saturated rings. The van der Waals surface area contributed by atoms with Gasteiger partial charge in [-0.1, -0.05) is 11.6 Å². The first kappa shape index (κ1) is 14.2. The molecular weight excluding hydrogens is 321 g/mol. The van der Waals surface area contributed by atoms with Gasteiger partial charge in [0.05, 0.1) is 15.5 Å². The van der Waals surface area contributed by atoms with Crippen LogP contribution >= 0.6 is 22.3 Å². The van der Waals surface area contributed by atoms with Crippen molar-refractivity contribution in [3.8, 4) is 0 Å². The van der Waals surface area contributed by atoms with Crippen LogP contribution in [0.5, 0.6) is 0 Å². The summed E-state index contributed by atoms with van der Waals surface area (Å²) in [6, 6.07) is 4.23. The Labute approximate surface area is 127 Å². The van der Waals surface area contributed by atoms with E-state index in [9.17, 15) is 13.2 Å². The maximum absolute atomic E-state index is 12.5. The Morgan fingerprint density at radius 3 is 2.60 bits per heavy atom. The predicted octanol–water partition coefficient (Wildman–Crippen LogP) is 2.89. The fourth-order valence-corrected chi connectivity index (χ4v) is 4.12. The number of fused-ring (bicyclic) bond motifs is 2. The molecule has 2 aliphatic rings. The standard InChI is InChI=1S/C13H13Cl2NO3S/c14-12-4-3-10(20(15,18)19)6-11(12)13(17)16-7-8-1-2-9(16)5-8/h3-4,6,8-9H,1-2,5,7H2. The number of benzene rings is 1. The molecule has 20 heavy (non-hydrogen) atoms. The normalized spacial score (nSPS) is 25.2. The summed E-state index contributed by atoms with van der Waals surface area (Å²) in [7, 11) is 1.45. The zero-order valence-corrected chi connectivity index (χ0v) is 12.9. The second-order valence-electron chi connectivity index (χ2n) is 5.37. The highest BCUT2D eigenvalue weighted by Crippen LogP contribution is 2.38. The van der Waals surface area contributed by atoms with Crippen LogP contribution in [-0.2, 0) is 9.05 Å². The molecule has 1 saturated heterocycles. The Morgan fingerprint density at radius 1 is 1.30 bits per heavy atom. The fraction of sp³-hybridized carbons (Fsp3) is 0.462. The van der Waals surface area contributed by atoms with Crippen molar-refractivity contribution in [3.63, 3.8) is 0 Å². The number of piperidine rings is 1. The van der Waals surface area contributed by atoms with E-state index in [4.69, 9.17) is 22.3 Å². The lowest BCUT2D eigenvalue weighted by Gasteiger charge is -2.27. The van der Waals surface area contributed by atoms with Crippen molar-refractivity contribution < 1.29 is 13.2 Å². The van der Waals surface area contributed by atoms with Crippen molar-refractivity contribution >= 4 is 37.2 Å². The lowest BCUT2D eigenvalue weighted by molar-refractivity contribution is 0.0703. The average Bonchev–Trinajstić information content (AvgIpc) is 2.99. The lowest BCUT2D eigenvalue weighted by atomic mass is 10.1. The van der Waals surface area contributed by atoms with E-state index in [2.05, 4.69) is 0 Å². The van der Waals surface area contributed by atoms with Crippen LogP contribution in [0.2, 0.25) is 5.02 Å². The monoisotopic (exact) mass is 333 g/mol. The summed E-state index contributed by atoms with van der Waals surface area (Å²) in [6.07, 6.45) is 3.22. The summed E-state index contributed by atoms with van der Waals surface area (Å²) < 4.78 is 22.7. The number of carbonyl (C=O) groups excluding carboxylic acids is 1. The largest absolute Gasteiger partial charge is 0.335 e. The molecule has 4 nitrogen and oxygen atoms in total. The maximum Gasteiger partial charge on any atom is 0.261 e. The number of rotatable bonds is 2. The molecule has 2 atom stereocenters. The summed E-state index contributed by atoms with van der Waals surface area (Å²) in [5.74, 6) is 0.368. The third-order valence-electron chi connectivity index (χ3n) is 4.12. The van der Waals surface area contributed by atoms with E-state index >= 15 is 0 Å². The number of amides is 1. The SMILES string of the molecule is O=C(c1cc(S(=O)(=O)Cl)ccc1Cl)N1CC2CCC1C2. The third-order valence-corrected chi connectivity index (χ3v) is 5.80. The number of nitrogens with zero attached hydrogens (tertiary/aromatic N) is 1. The highest BCUT2D eigenvalue weighted by atomic mass is 35.7. The third kappa shape index (κ3) is 2.43. The van der Waals surface area contributed by atoms with Crippen molar-refractivity contribution in [1.82, 2.24) is 4.90 Å². The van der Waals surface area contributed by atoms with Crippen LogP contribution in [-0.4, -0.2) is 31.8 Å². The minimum absolute atomic E-state index is 0.101.